The lowest BCUT2D eigenvalue weighted by atomic mass is 9.80. The fourth-order valence-corrected chi connectivity index (χ4v) is 5.51. The first-order valence-electron chi connectivity index (χ1n) is 12.2. The Kier molecular flexibility index (Phi) is 5.29. The zero-order valence-electron chi connectivity index (χ0n) is 20.7. The predicted octanol–water partition coefficient (Wildman–Crippen LogP) is 4.61. The number of aromatic nitrogens is 5. The number of alkyl halides is 2. The second kappa shape index (κ2) is 8.32. The van der Waals surface area contributed by atoms with Gasteiger partial charge in [0.25, 0.3) is 0 Å². The molecule has 2 amide bonds. The first-order valence-corrected chi connectivity index (χ1v) is 12.2. The molecule has 8 nitrogen and oxygen atoms in total. The maximum absolute atomic E-state index is 15.5. The predicted molar refractivity (Wildman–Crippen MR) is 132 cm³/mol. The lowest BCUT2D eigenvalue weighted by Crippen LogP contribution is -2.43. The largest absolute Gasteiger partial charge is 0.341 e. The molecule has 0 radical (unpaired) electrons. The molecule has 0 spiro atoms. The molecule has 1 saturated carbocycles. The fraction of sp³-hybridized carbons (Fsp3) is 0.385. The van der Waals surface area contributed by atoms with Crippen LogP contribution in [0.3, 0.4) is 0 Å². The van der Waals surface area contributed by atoms with Crippen LogP contribution in [0.2, 0.25) is 0 Å². The van der Waals surface area contributed by atoms with Gasteiger partial charge >= 0.3 is 6.03 Å². The van der Waals surface area contributed by atoms with E-state index in [9.17, 15) is 13.6 Å². The van der Waals surface area contributed by atoms with Crippen LogP contribution in [0.5, 0.6) is 0 Å². The highest BCUT2D eigenvalue weighted by atomic mass is 19.3. The Hall–Kier alpha value is -3.89. The number of aryl methyl sites for hydroxylation is 2. The molecule has 0 atom stereocenters. The minimum atomic E-state index is -2.71. The van der Waals surface area contributed by atoms with Gasteiger partial charge < -0.3 is 14.8 Å². The van der Waals surface area contributed by atoms with Crippen molar-refractivity contribution < 1.29 is 18.0 Å². The van der Waals surface area contributed by atoms with Crippen LogP contribution in [0.25, 0.3) is 33.3 Å². The Morgan fingerprint density at radius 3 is 2.68 bits per heavy atom. The fourth-order valence-electron chi connectivity index (χ4n) is 5.51. The van der Waals surface area contributed by atoms with E-state index in [1.807, 2.05) is 30.8 Å². The van der Waals surface area contributed by atoms with Crippen molar-refractivity contribution in [3.8, 4) is 22.5 Å². The molecular weight excluding hydrogens is 483 g/mol. The minimum absolute atomic E-state index is 0.196. The van der Waals surface area contributed by atoms with E-state index in [0.29, 0.717) is 41.4 Å². The van der Waals surface area contributed by atoms with Gasteiger partial charge in [-0.25, -0.2) is 22.9 Å². The van der Waals surface area contributed by atoms with E-state index in [2.05, 4.69) is 15.4 Å². The lowest BCUT2D eigenvalue weighted by Gasteiger charge is -2.36. The van der Waals surface area contributed by atoms with Crippen molar-refractivity contribution >= 4 is 16.8 Å². The van der Waals surface area contributed by atoms with Crippen molar-refractivity contribution in [1.82, 2.24) is 34.5 Å². The van der Waals surface area contributed by atoms with E-state index in [1.54, 1.807) is 28.9 Å². The van der Waals surface area contributed by atoms with Crippen LogP contribution in [-0.2, 0) is 20.1 Å². The summed E-state index contributed by atoms with van der Waals surface area (Å²) in [4.78, 5) is 23.4. The smallest absolute Gasteiger partial charge is 0.317 e. The SMILES string of the molecule is CNC(=O)N1CCn2c(C3CC(F)(F)C3)nc(-c3c(F)ccc4cc(-c5cn(C)nc5C)ncc34)c2C1. The van der Waals surface area contributed by atoms with Gasteiger partial charge in [0.2, 0.25) is 5.92 Å². The van der Waals surface area contributed by atoms with E-state index in [0.717, 1.165) is 16.6 Å². The molecule has 0 bridgehead atoms. The van der Waals surface area contributed by atoms with E-state index in [4.69, 9.17) is 4.98 Å². The molecule has 3 aromatic heterocycles. The van der Waals surface area contributed by atoms with Gasteiger partial charge in [-0.1, -0.05) is 6.07 Å². The summed E-state index contributed by atoms with van der Waals surface area (Å²) in [7, 11) is 3.39. The Labute approximate surface area is 211 Å². The highest BCUT2D eigenvalue weighted by molar-refractivity contribution is 5.97. The molecule has 1 aromatic carbocycles. The van der Waals surface area contributed by atoms with Crippen LogP contribution in [0.15, 0.2) is 30.6 Å². The van der Waals surface area contributed by atoms with Gasteiger partial charge in [-0.05, 0) is 24.4 Å². The zero-order chi connectivity index (χ0) is 26.1. The number of fused-ring (bicyclic) bond motifs is 2. The number of benzene rings is 1. The highest BCUT2D eigenvalue weighted by Gasteiger charge is 2.48. The number of hydrogen-bond acceptors (Lipinski definition) is 4. The van der Waals surface area contributed by atoms with Gasteiger partial charge in [-0.3, -0.25) is 9.67 Å². The van der Waals surface area contributed by atoms with Crippen LogP contribution in [0.1, 0.15) is 36.0 Å². The Morgan fingerprint density at radius 2 is 2.00 bits per heavy atom. The van der Waals surface area contributed by atoms with Crippen LogP contribution >= 0.6 is 0 Å². The molecule has 0 unspecified atom stereocenters. The molecule has 37 heavy (non-hydrogen) atoms. The maximum atomic E-state index is 15.5. The molecule has 1 aliphatic carbocycles. The number of pyridine rings is 1. The molecule has 1 fully saturated rings. The van der Waals surface area contributed by atoms with Crippen LogP contribution in [0, 0.1) is 12.7 Å². The van der Waals surface area contributed by atoms with E-state index in [-0.39, 0.29) is 31.0 Å². The molecule has 2 aliphatic rings. The van der Waals surface area contributed by atoms with E-state index >= 15 is 4.39 Å². The number of rotatable bonds is 3. The molecule has 1 aliphatic heterocycles. The summed E-state index contributed by atoms with van der Waals surface area (Å²) in [5, 5.41) is 8.33. The summed E-state index contributed by atoms with van der Waals surface area (Å²) in [5.41, 5.74) is 3.69. The number of halogens is 3. The number of amides is 2. The van der Waals surface area contributed by atoms with Crippen molar-refractivity contribution in [2.45, 2.75) is 44.7 Å². The average molecular weight is 510 g/mol. The van der Waals surface area contributed by atoms with Gasteiger partial charge in [0.15, 0.2) is 0 Å². The standard InChI is InChI=1S/C26H26F3N7O/c1-14-18(12-34(3)33-14)20-8-15-4-5-19(27)22(17(15)11-31-20)23-21-13-35(25(37)30-2)6-7-36(21)24(32-23)16-9-26(28,29)10-16/h4-5,8,11-12,16H,6-7,9-10,13H2,1-3H3,(H,30,37). The quantitative estimate of drug-likeness (QED) is 0.437. The minimum Gasteiger partial charge on any atom is -0.341 e. The number of carbonyl (C=O) groups excluding carboxylic acids is 1. The number of hydrogen-bond donors (Lipinski definition) is 1. The zero-order valence-corrected chi connectivity index (χ0v) is 20.7. The molecule has 4 aromatic rings. The number of urea groups is 1. The number of nitrogens with zero attached hydrogens (tertiary/aromatic N) is 6. The maximum Gasteiger partial charge on any atom is 0.317 e. The summed E-state index contributed by atoms with van der Waals surface area (Å²) in [6, 6.07) is 4.71. The molecule has 0 saturated heterocycles. The summed E-state index contributed by atoms with van der Waals surface area (Å²) in [6.45, 7) is 2.91. The van der Waals surface area contributed by atoms with Gasteiger partial charge in [0.05, 0.1) is 29.3 Å². The van der Waals surface area contributed by atoms with E-state index in [1.165, 1.54) is 6.07 Å². The number of imidazole rings is 1. The van der Waals surface area contributed by atoms with Gasteiger partial charge in [0, 0.05) is 74.9 Å². The van der Waals surface area contributed by atoms with Crippen molar-refractivity contribution in [2.24, 2.45) is 7.05 Å². The Balaban J connectivity index is 1.51. The summed E-state index contributed by atoms with van der Waals surface area (Å²) < 4.78 is 46.6. The third-order valence-corrected chi connectivity index (χ3v) is 7.37. The van der Waals surface area contributed by atoms with Crippen molar-refractivity contribution in [3.63, 3.8) is 0 Å². The topological polar surface area (TPSA) is 80.9 Å². The first-order chi connectivity index (χ1) is 17.6. The highest BCUT2D eigenvalue weighted by Crippen LogP contribution is 2.49. The normalized spacial score (nSPS) is 17.1. The van der Waals surface area contributed by atoms with Crippen molar-refractivity contribution in [3.05, 3.63) is 53.6 Å². The first kappa shape index (κ1) is 23.5. The molecule has 192 valence electrons. The molecule has 11 heteroatoms. The van der Waals surface area contributed by atoms with Gasteiger partial charge in [-0.15, -0.1) is 0 Å². The number of carbonyl (C=O) groups is 1. The van der Waals surface area contributed by atoms with Crippen LogP contribution < -0.4 is 5.32 Å². The molecule has 4 heterocycles. The van der Waals surface area contributed by atoms with Crippen LogP contribution in [0.4, 0.5) is 18.0 Å². The molecular formula is C26H26F3N7O. The Bertz CT molecular complexity index is 1550. The van der Waals surface area contributed by atoms with Gasteiger partial charge in [-0.2, -0.15) is 5.10 Å². The molecule has 1 N–H and O–H groups in total. The lowest BCUT2D eigenvalue weighted by molar-refractivity contribution is -0.0892. The third kappa shape index (κ3) is 3.84. The number of nitrogens with one attached hydrogen (secondary N) is 1. The van der Waals surface area contributed by atoms with Crippen molar-refractivity contribution in [1.29, 1.82) is 0 Å². The second-order valence-corrected chi connectivity index (χ2v) is 9.87. The van der Waals surface area contributed by atoms with E-state index < -0.39 is 17.7 Å². The Morgan fingerprint density at radius 1 is 1.22 bits per heavy atom. The van der Waals surface area contributed by atoms with Crippen molar-refractivity contribution in [2.75, 3.05) is 13.6 Å². The second-order valence-electron chi connectivity index (χ2n) is 9.87. The van der Waals surface area contributed by atoms with Crippen LogP contribution in [-0.4, -0.2) is 54.8 Å². The third-order valence-electron chi connectivity index (χ3n) is 7.37. The summed E-state index contributed by atoms with van der Waals surface area (Å²) in [6.07, 6.45) is 2.94. The molecule has 6 rings (SSSR count). The summed E-state index contributed by atoms with van der Waals surface area (Å²) in [5.74, 6) is -3.08. The van der Waals surface area contributed by atoms with Gasteiger partial charge in [0.1, 0.15) is 11.6 Å². The summed E-state index contributed by atoms with van der Waals surface area (Å²) >= 11 is 0. The average Bonchev–Trinajstić information content (AvgIpc) is 3.40. The monoisotopic (exact) mass is 509 g/mol.